The zero-order chi connectivity index (χ0) is 14.3. The number of aldehydes is 1. The van der Waals surface area contributed by atoms with Gasteiger partial charge >= 0.3 is 6.36 Å². The van der Waals surface area contributed by atoms with Crippen LogP contribution in [0.5, 0.6) is 5.75 Å². The number of alkyl halides is 3. The minimum Gasteiger partial charge on any atom is -0.406 e. The van der Waals surface area contributed by atoms with Crippen molar-refractivity contribution in [1.82, 2.24) is 4.98 Å². The SMILES string of the molecule is O=CC1CCCc2c1[nH]c1ccc(OC(F)(F)F)cc21. The molecule has 1 N–H and O–H groups in total. The highest BCUT2D eigenvalue weighted by molar-refractivity contribution is 5.87. The van der Waals surface area contributed by atoms with Crippen LogP contribution in [0, 0.1) is 0 Å². The maximum absolute atomic E-state index is 12.2. The molecule has 20 heavy (non-hydrogen) atoms. The lowest BCUT2D eigenvalue weighted by molar-refractivity contribution is -0.274. The van der Waals surface area contributed by atoms with Crippen molar-refractivity contribution in [1.29, 1.82) is 0 Å². The van der Waals surface area contributed by atoms with E-state index in [4.69, 9.17) is 0 Å². The van der Waals surface area contributed by atoms with Gasteiger partial charge in [-0.15, -0.1) is 13.2 Å². The molecule has 3 nitrogen and oxygen atoms in total. The Morgan fingerprint density at radius 1 is 1.35 bits per heavy atom. The van der Waals surface area contributed by atoms with E-state index in [-0.39, 0.29) is 11.7 Å². The van der Waals surface area contributed by atoms with Gasteiger partial charge < -0.3 is 14.5 Å². The van der Waals surface area contributed by atoms with Crippen molar-refractivity contribution < 1.29 is 22.7 Å². The van der Waals surface area contributed by atoms with Gasteiger partial charge in [-0.3, -0.25) is 0 Å². The molecular formula is C14H12F3NO2. The normalized spacial score (nSPS) is 18.9. The molecule has 1 aromatic carbocycles. The first-order valence-corrected chi connectivity index (χ1v) is 6.33. The Labute approximate surface area is 112 Å². The monoisotopic (exact) mass is 283 g/mol. The van der Waals surface area contributed by atoms with Crippen molar-refractivity contribution in [2.24, 2.45) is 0 Å². The quantitative estimate of drug-likeness (QED) is 0.854. The van der Waals surface area contributed by atoms with Crippen molar-refractivity contribution in [2.45, 2.75) is 31.5 Å². The number of halogens is 3. The summed E-state index contributed by atoms with van der Waals surface area (Å²) in [5.41, 5.74) is 2.49. The molecule has 0 spiro atoms. The maximum atomic E-state index is 12.2. The van der Waals surface area contributed by atoms with E-state index in [1.165, 1.54) is 12.1 Å². The number of aromatic nitrogens is 1. The Balaban J connectivity index is 2.08. The van der Waals surface area contributed by atoms with Crippen LogP contribution in [0.4, 0.5) is 13.2 Å². The summed E-state index contributed by atoms with van der Waals surface area (Å²) in [7, 11) is 0. The van der Waals surface area contributed by atoms with E-state index < -0.39 is 6.36 Å². The lowest BCUT2D eigenvalue weighted by atomic mass is 9.88. The van der Waals surface area contributed by atoms with Crippen LogP contribution in [0.15, 0.2) is 18.2 Å². The molecule has 1 heterocycles. The van der Waals surface area contributed by atoms with Crippen LogP contribution >= 0.6 is 0 Å². The molecular weight excluding hydrogens is 271 g/mol. The van der Waals surface area contributed by atoms with Gasteiger partial charge in [0.2, 0.25) is 0 Å². The number of hydrogen-bond acceptors (Lipinski definition) is 2. The van der Waals surface area contributed by atoms with Crippen LogP contribution < -0.4 is 4.74 Å². The Morgan fingerprint density at radius 3 is 2.85 bits per heavy atom. The molecule has 0 aliphatic heterocycles. The fourth-order valence-corrected chi connectivity index (χ4v) is 2.81. The van der Waals surface area contributed by atoms with Crippen molar-refractivity contribution in [3.05, 3.63) is 29.5 Å². The molecule has 6 heteroatoms. The fraction of sp³-hybridized carbons (Fsp3) is 0.357. The standard InChI is InChI=1S/C14H12F3NO2/c15-14(16,17)20-9-4-5-12-11(6-9)10-3-1-2-8(7-19)13(10)18-12/h4-8,18H,1-3H2. The van der Waals surface area contributed by atoms with Gasteiger partial charge in [-0.1, -0.05) is 0 Å². The largest absolute Gasteiger partial charge is 0.573 e. The molecule has 2 aromatic rings. The summed E-state index contributed by atoms with van der Waals surface area (Å²) in [5, 5.41) is 0.702. The lowest BCUT2D eigenvalue weighted by Crippen LogP contribution is -2.17. The van der Waals surface area contributed by atoms with Crippen molar-refractivity contribution in [2.75, 3.05) is 0 Å². The fourth-order valence-electron chi connectivity index (χ4n) is 2.81. The molecule has 0 amide bonds. The number of carbonyl (C=O) groups excluding carboxylic acids is 1. The van der Waals surface area contributed by atoms with E-state index >= 15 is 0 Å². The van der Waals surface area contributed by atoms with Gasteiger partial charge in [0.05, 0.1) is 5.92 Å². The topological polar surface area (TPSA) is 42.1 Å². The van der Waals surface area contributed by atoms with Crippen LogP contribution in [0.1, 0.15) is 30.0 Å². The average Bonchev–Trinajstić information content (AvgIpc) is 2.75. The van der Waals surface area contributed by atoms with E-state index in [1.54, 1.807) is 6.07 Å². The van der Waals surface area contributed by atoms with Crippen LogP contribution in [0.3, 0.4) is 0 Å². The number of aryl methyl sites for hydroxylation is 1. The van der Waals surface area contributed by atoms with Gasteiger partial charge in [-0.25, -0.2) is 0 Å². The minimum atomic E-state index is -4.70. The highest BCUT2D eigenvalue weighted by Crippen LogP contribution is 2.37. The van der Waals surface area contributed by atoms with E-state index in [1.807, 2.05) is 0 Å². The molecule has 0 saturated carbocycles. The van der Waals surface area contributed by atoms with E-state index in [9.17, 15) is 18.0 Å². The van der Waals surface area contributed by atoms with Gasteiger partial charge in [-0.05, 0) is 43.0 Å². The Morgan fingerprint density at radius 2 is 2.15 bits per heavy atom. The summed E-state index contributed by atoms with van der Waals surface area (Å²) in [5.74, 6) is -0.432. The third kappa shape index (κ3) is 2.26. The predicted octanol–water partition coefficient (Wildman–Crippen LogP) is 3.69. The summed E-state index contributed by atoms with van der Waals surface area (Å²) < 4.78 is 40.7. The molecule has 1 aliphatic carbocycles. The molecule has 0 radical (unpaired) electrons. The van der Waals surface area contributed by atoms with Crippen molar-refractivity contribution in [3.63, 3.8) is 0 Å². The summed E-state index contributed by atoms with van der Waals surface area (Å²) >= 11 is 0. The van der Waals surface area contributed by atoms with Crippen molar-refractivity contribution >= 4 is 17.2 Å². The molecule has 1 aromatic heterocycles. The first-order valence-electron chi connectivity index (χ1n) is 6.33. The number of benzene rings is 1. The smallest absolute Gasteiger partial charge is 0.406 e. The Kier molecular flexibility index (Phi) is 2.96. The second-order valence-corrected chi connectivity index (χ2v) is 4.91. The molecule has 1 unspecified atom stereocenters. The minimum absolute atomic E-state index is 0.196. The number of nitrogens with one attached hydrogen (secondary N) is 1. The van der Waals surface area contributed by atoms with E-state index in [0.717, 1.165) is 42.3 Å². The van der Waals surface area contributed by atoms with Gasteiger partial charge in [0.1, 0.15) is 12.0 Å². The average molecular weight is 283 g/mol. The summed E-state index contributed by atoms with van der Waals surface area (Å²) in [6.07, 6.45) is -1.42. The molecule has 0 saturated heterocycles. The summed E-state index contributed by atoms with van der Waals surface area (Å²) in [6.45, 7) is 0. The van der Waals surface area contributed by atoms with E-state index in [0.29, 0.717) is 5.39 Å². The van der Waals surface area contributed by atoms with Gasteiger partial charge in [-0.2, -0.15) is 0 Å². The molecule has 1 aliphatic rings. The molecule has 0 fully saturated rings. The van der Waals surface area contributed by atoms with Gasteiger partial charge in [0, 0.05) is 16.6 Å². The number of carbonyl (C=O) groups is 1. The molecule has 0 bridgehead atoms. The number of aromatic amines is 1. The van der Waals surface area contributed by atoms with Crippen LogP contribution in [0.25, 0.3) is 10.9 Å². The number of hydrogen-bond donors (Lipinski definition) is 1. The number of rotatable bonds is 2. The highest BCUT2D eigenvalue weighted by atomic mass is 19.4. The van der Waals surface area contributed by atoms with E-state index in [2.05, 4.69) is 9.72 Å². The second-order valence-electron chi connectivity index (χ2n) is 4.91. The first-order chi connectivity index (χ1) is 9.48. The van der Waals surface area contributed by atoms with Crippen LogP contribution in [-0.2, 0) is 11.2 Å². The second kappa shape index (κ2) is 4.54. The number of fused-ring (bicyclic) bond motifs is 3. The zero-order valence-corrected chi connectivity index (χ0v) is 10.5. The molecule has 106 valence electrons. The Bertz CT molecular complexity index is 660. The number of ether oxygens (including phenoxy) is 1. The summed E-state index contributed by atoms with van der Waals surface area (Å²) in [4.78, 5) is 14.2. The van der Waals surface area contributed by atoms with Gasteiger partial charge in [0.25, 0.3) is 0 Å². The molecule has 3 rings (SSSR count). The predicted molar refractivity (Wildman–Crippen MR) is 66.7 cm³/mol. The van der Waals surface area contributed by atoms with Crippen molar-refractivity contribution in [3.8, 4) is 5.75 Å². The van der Waals surface area contributed by atoms with Gasteiger partial charge in [0.15, 0.2) is 0 Å². The summed E-state index contributed by atoms with van der Waals surface area (Å²) in [6, 6.07) is 4.20. The lowest BCUT2D eigenvalue weighted by Gasteiger charge is -2.17. The first kappa shape index (κ1) is 13.0. The number of H-pyrrole nitrogens is 1. The zero-order valence-electron chi connectivity index (χ0n) is 10.5. The van der Waals surface area contributed by atoms with Crippen LogP contribution in [-0.4, -0.2) is 17.6 Å². The highest BCUT2D eigenvalue weighted by Gasteiger charge is 2.31. The third-order valence-electron chi connectivity index (χ3n) is 3.62. The third-order valence-corrected chi connectivity index (χ3v) is 3.62. The molecule has 1 atom stereocenters. The maximum Gasteiger partial charge on any atom is 0.573 e. The Hall–Kier alpha value is -1.98. The van der Waals surface area contributed by atoms with Crippen LogP contribution in [0.2, 0.25) is 0 Å².